The molecule has 2 aromatic heterocycles. The Morgan fingerprint density at radius 3 is 2.53 bits per heavy atom. The van der Waals surface area contributed by atoms with Crippen LogP contribution in [0, 0.1) is 0 Å². The molecule has 6 nitrogen and oxygen atoms in total. The molecule has 1 aromatic carbocycles. The third-order valence-corrected chi connectivity index (χ3v) is 5.60. The second-order valence-electron chi connectivity index (χ2n) is 7.60. The lowest BCUT2D eigenvalue weighted by atomic mass is 9.93. The van der Waals surface area contributed by atoms with Crippen molar-refractivity contribution in [3.8, 4) is 11.3 Å². The highest BCUT2D eigenvalue weighted by atomic mass is 35.5. The molecule has 3 aromatic rings. The molecule has 4 rings (SSSR count). The fourth-order valence-corrected chi connectivity index (χ4v) is 4.03. The number of benzene rings is 1. The Labute approximate surface area is 186 Å². The van der Waals surface area contributed by atoms with E-state index in [9.17, 15) is 22.8 Å². The summed E-state index contributed by atoms with van der Waals surface area (Å²) < 4.78 is 43.3. The Morgan fingerprint density at radius 1 is 1.09 bits per heavy atom. The molecule has 0 atom stereocenters. The number of ether oxygens (including phenoxy) is 1. The van der Waals surface area contributed by atoms with Crippen molar-refractivity contribution in [1.82, 2.24) is 14.7 Å². The molecule has 0 saturated heterocycles. The van der Waals surface area contributed by atoms with Crippen LogP contribution < -0.4 is 5.32 Å². The van der Waals surface area contributed by atoms with E-state index in [2.05, 4.69) is 15.0 Å². The van der Waals surface area contributed by atoms with Crippen LogP contribution in [0.5, 0.6) is 0 Å². The first-order chi connectivity index (χ1) is 15.2. The SMILES string of the molecule is O=C(NC1CCC(OC(=O)C(F)(F)F)CC1)c1nc(-c2cccc(Cl)c2)c2ccccn12. The van der Waals surface area contributed by atoms with E-state index in [0.717, 1.165) is 11.1 Å². The van der Waals surface area contributed by atoms with Crippen LogP contribution in [0.15, 0.2) is 48.7 Å². The minimum absolute atomic E-state index is 0.196. The topological polar surface area (TPSA) is 72.7 Å². The van der Waals surface area contributed by atoms with E-state index in [0.29, 0.717) is 23.6 Å². The molecule has 1 aliphatic carbocycles. The second-order valence-corrected chi connectivity index (χ2v) is 8.04. The van der Waals surface area contributed by atoms with E-state index in [4.69, 9.17) is 11.6 Å². The zero-order valence-electron chi connectivity index (χ0n) is 16.7. The number of hydrogen-bond donors (Lipinski definition) is 1. The molecule has 1 N–H and O–H groups in total. The minimum Gasteiger partial charge on any atom is -0.456 e. The number of carbonyl (C=O) groups excluding carboxylic acids is 2. The van der Waals surface area contributed by atoms with Gasteiger partial charge in [-0.25, -0.2) is 9.78 Å². The molecule has 10 heteroatoms. The number of carbonyl (C=O) groups is 2. The van der Waals surface area contributed by atoms with Crippen molar-refractivity contribution in [3.05, 3.63) is 59.5 Å². The molecule has 0 spiro atoms. The highest BCUT2D eigenvalue weighted by molar-refractivity contribution is 6.30. The maximum absolute atomic E-state index is 13.0. The van der Waals surface area contributed by atoms with Crippen molar-refractivity contribution in [2.45, 2.75) is 44.0 Å². The van der Waals surface area contributed by atoms with Crippen molar-refractivity contribution in [2.75, 3.05) is 0 Å². The molecule has 2 heterocycles. The quantitative estimate of drug-likeness (QED) is 0.562. The van der Waals surface area contributed by atoms with Crippen LogP contribution in [0.2, 0.25) is 5.02 Å². The number of alkyl halides is 3. The minimum atomic E-state index is -5.01. The average molecular weight is 466 g/mol. The van der Waals surface area contributed by atoms with Crippen molar-refractivity contribution in [2.24, 2.45) is 0 Å². The molecule has 0 unspecified atom stereocenters. The normalized spacial score (nSPS) is 19.0. The number of rotatable bonds is 4. The number of esters is 1. The molecule has 1 saturated carbocycles. The van der Waals surface area contributed by atoms with E-state index in [1.807, 2.05) is 18.2 Å². The van der Waals surface area contributed by atoms with Crippen LogP contribution in [0.1, 0.15) is 36.3 Å². The predicted octanol–water partition coefficient (Wildman–Crippen LogP) is 4.80. The fraction of sp³-hybridized carbons (Fsp3) is 0.318. The van der Waals surface area contributed by atoms with E-state index >= 15 is 0 Å². The number of imidazole rings is 1. The van der Waals surface area contributed by atoms with Gasteiger partial charge in [-0.3, -0.25) is 9.20 Å². The van der Waals surface area contributed by atoms with Gasteiger partial charge in [0.25, 0.3) is 5.91 Å². The summed E-state index contributed by atoms with van der Waals surface area (Å²) in [5, 5.41) is 3.45. The van der Waals surface area contributed by atoms with Crippen LogP contribution in [0.3, 0.4) is 0 Å². The largest absolute Gasteiger partial charge is 0.490 e. The fourth-order valence-electron chi connectivity index (χ4n) is 3.84. The standard InChI is InChI=1S/C22H19ClF3N3O3/c23-14-5-3-4-13(12-14)18-17-6-1-2-11-29(17)19(28-18)20(30)27-15-7-9-16(10-8-15)32-21(31)22(24,25)26/h1-6,11-12,15-16H,7-10H2,(H,27,30). The third kappa shape index (κ3) is 4.72. The second kappa shape index (κ2) is 8.82. The van der Waals surface area contributed by atoms with Gasteiger partial charge < -0.3 is 10.1 Å². The number of amides is 1. The first kappa shape index (κ1) is 22.1. The van der Waals surface area contributed by atoms with E-state index < -0.39 is 24.2 Å². The molecule has 32 heavy (non-hydrogen) atoms. The summed E-state index contributed by atoms with van der Waals surface area (Å²) in [7, 11) is 0. The average Bonchev–Trinajstić information content (AvgIpc) is 3.14. The van der Waals surface area contributed by atoms with Gasteiger partial charge in [-0.05, 0) is 49.9 Å². The zero-order chi connectivity index (χ0) is 22.9. The van der Waals surface area contributed by atoms with Gasteiger partial charge in [0.1, 0.15) is 6.10 Å². The maximum atomic E-state index is 13.0. The molecular weight excluding hydrogens is 447 g/mol. The zero-order valence-corrected chi connectivity index (χ0v) is 17.5. The van der Waals surface area contributed by atoms with Crippen LogP contribution >= 0.6 is 11.6 Å². The van der Waals surface area contributed by atoms with Crippen molar-refractivity contribution in [1.29, 1.82) is 0 Å². The van der Waals surface area contributed by atoms with Crippen LogP contribution in [0.25, 0.3) is 16.8 Å². The van der Waals surface area contributed by atoms with E-state index in [1.165, 1.54) is 0 Å². The number of fused-ring (bicyclic) bond motifs is 1. The lowest BCUT2D eigenvalue weighted by Crippen LogP contribution is -2.41. The van der Waals surface area contributed by atoms with Gasteiger partial charge in [-0.1, -0.05) is 29.8 Å². The number of hydrogen-bond acceptors (Lipinski definition) is 4. The summed E-state index contributed by atoms with van der Waals surface area (Å²) in [6.45, 7) is 0. The van der Waals surface area contributed by atoms with Gasteiger partial charge in [0, 0.05) is 22.8 Å². The molecule has 1 fully saturated rings. The van der Waals surface area contributed by atoms with Gasteiger partial charge in [-0.2, -0.15) is 13.2 Å². The Kier molecular flexibility index (Phi) is 6.10. The van der Waals surface area contributed by atoms with Gasteiger partial charge in [-0.15, -0.1) is 0 Å². The summed E-state index contributed by atoms with van der Waals surface area (Å²) in [5.74, 6) is -2.38. The highest BCUT2D eigenvalue weighted by Gasteiger charge is 2.42. The van der Waals surface area contributed by atoms with Gasteiger partial charge in [0.2, 0.25) is 5.82 Å². The predicted molar refractivity (Wildman–Crippen MR) is 111 cm³/mol. The lowest BCUT2D eigenvalue weighted by Gasteiger charge is -2.28. The molecular formula is C22H19ClF3N3O3. The van der Waals surface area contributed by atoms with Crippen LogP contribution in [-0.4, -0.2) is 39.6 Å². The first-order valence-corrected chi connectivity index (χ1v) is 10.4. The molecule has 1 aliphatic rings. The Bertz CT molecular complexity index is 1150. The van der Waals surface area contributed by atoms with Crippen LogP contribution in [-0.2, 0) is 9.53 Å². The van der Waals surface area contributed by atoms with Crippen molar-refractivity contribution < 1.29 is 27.5 Å². The third-order valence-electron chi connectivity index (χ3n) is 5.36. The smallest absolute Gasteiger partial charge is 0.456 e. The number of nitrogens with zero attached hydrogens (tertiary/aromatic N) is 2. The summed E-state index contributed by atoms with van der Waals surface area (Å²) in [6, 6.07) is 12.4. The summed E-state index contributed by atoms with van der Waals surface area (Å²) >= 11 is 6.10. The Hall–Kier alpha value is -3.07. The molecule has 1 amide bonds. The monoisotopic (exact) mass is 465 g/mol. The Balaban J connectivity index is 1.47. The summed E-state index contributed by atoms with van der Waals surface area (Å²) in [5.41, 5.74) is 2.12. The molecule has 0 radical (unpaired) electrons. The molecule has 168 valence electrons. The first-order valence-electron chi connectivity index (χ1n) is 10.0. The summed E-state index contributed by atoms with van der Waals surface area (Å²) in [4.78, 5) is 28.5. The van der Waals surface area contributed by atoms with Gasteiger partial charge in [0.15, 0.2) is 0 Å². The van der Waals surface area contributed by atoms with E-state index in [-0.39, 0.29) is 24.7 Å². The highest BCUT2D eigenvalue weighted by Crippen LogP contribution is 2.28. The van der Waals surface area contributed by atoms with Crippen LogP contribution in [0.4, 0.5) is 13.2 Å². The molecule has 0 bridgehead atoms. The van der Waals surface area contributed by atoms with Gasteiger partial charge >= 0.3 is 12.1 Å². The maximum Gasteiger partial charge on any atom is 0.490 e. The van der Waals surface area contributed by atoms with Crippen molar-refractivity contribution in [3.63, 3.8) is 0 Å². The number of halogens is 4. The van der Waals surface area contributed by atoms with Crippen molar-refractivity contribution >= 4 is 29.0 Å². The number of pyridine rings is 1. The number of nitrogens with one attached hydrogen (secondary N) is 1. The molecule has 0 aliphatic heterocycles. The Morgan fingerprint density at radius 2 is 1.84 bits per heavy atom. The summed E-state index contributed by atoms with van der Waals surface area (Å²) in [6.07, 6.45) is -2.81. The van der Waals surface area contributed by atoms with Gasteiger partial charge in [0.05, 0.1) is 11.2 Å². The lowest BCUT2D eigenvalue weighted by molar-refractivity contribution is -0.206. The van der Waals surface area contributed by atoms with E-state index in [1.54, 1.807) is 34.9 Å². The number of aromatic nitrogens is 2.